The van der Waals surface area contributed by atoms with Crippen LogP contribution in [0.5, 0.6) is 5.75 Å². The van der Waals surface area contributed by atoms with Crippen molar-refractivity contribution in [2.45, 2.75) is 30.7 Å². The van der Waals surface area contributed by atoms with Crippen LogP contribution in [-0.4, -0.2) is 93.6 Å². The number of ketones is 3. The van der Waals surface area contributed by atoms with Gasteiger partial charge in [0.25, 0.3) is 5.91 Å². The molecule has 1 saturated carbocycles. The normalized spacial score (nSPS) is 26.9. The molecule has 1 aromatic carbocycles. The van der Waals surface area contributed by atoms with Gasteiger partial charge in [-0.15, -0.1) is 0 Å². The number of carbonyl (C=O) groups is 4. The Morgan fingerprint density at radius 1 is 1.18 bits per heavy atom. The Bertz CT molecular complexity index is 1370. The van der Waals surface area contributed by atoms with Gasteiger partial charge in [0, 0.05) is 17.1 Å². The van der Waals surface area contributed by atoms with Crippen LogP contribution in [0.4, 0.5) is 13.2 Å². The van der Waals surface area contributed by atoms with Crippen LogP contribution in [0.15, 0.2) is 29.0 Å². The average Bonchev–Trinajstić information content (AvgIpc) is 2.80. The first-order valence-corrected chi connectivity index (χ1v) is 11.8. The van der Waals surface area contributed by atoms with Crippen molar-refractivity contribution in [2.75, 3.05) is 27.2 Å². The molecule has 39 heavy (non-hydrogen) atoms. The molecular weight excluding hydrogens is 527 g/mol. The minimum atomic E-state index is -4.56. The van der Waals surface area contributed by atoms with Crippen LogP contribution in [0.25, 0.3) is 5.76 Å². The molecule has 0 heterocycles. The van der Waals surface area contributed by atoms with Gasteiger partial charge in [-0.25, -0.2) is 0 Å². The third-order valence-electron chi connectivity index (χ3n) is 7.52. The van der Waals surface area contributed by atoms with E-state index in [0.29, 0.717) is 0 Å². The minimum absolute atomic E-state index is 0.0689. The Morgan fingerprint density at radius 2 is 1.82 bits per heavy atom. The molecule has 0 aliphatic heterocycles. The second-order valence-corrected chi connectivity index (χ2v) is 10.1. The van der Waals surface area contributed by atoms with E-state index in [0.717, 1.165) is 6.07 Å². The first-order chi connectivity index (χ1) is 18.0. The number of nitrogens with zero attached hydrogens (tertiary/aromatic N) is 1. The summed E-state index contributed by atoms with van der Waals surface area (Å²) in [5, 5.41) is 46.0. The monoisotopic (exact) mass is 553 g/mol. The van der Waals surface area contributed by atoms with E-state index in [9.17, 15) is 52.8 Å². The van der Waals surface area contributed by atoms with Crippen molar-refractivity contribution in [3.63, 3.8) is 0 Å². The number of aromatic hydroxyl groups is 1. The van der Waals surface area contributed by atoms with Gasteiger partial charge in [0.2, 0.25) is 5.78 Å². The second-order valence-electron chi connectivity index (χ2n) is 10.1. The molecule has 0 unspecified atom stereocenters. The fraction of sp³-hybridized carbons (Fsp3) is 0.440. The van der Waals surface area contributed by atoms with Crippen LogP contribution in [-0.2, 0) is 20.8 Å². The molecule has 0 aromatic heterocycles. The van der Waals surface area contributed by atoms with Gasteiger partial charge in [-0.1, -0.05) is 0 Å². The SMILES string of the molecule is CN(C)[C@@H]1C(=O)C(C(N)=O)=C(O)[C@@]2(O)C(=O)C3=C(O)c4c(O)ccc(C(=O)CNCC(F)(F)F)c4C[C@H]3C[C@@H]12. The van der Waals surface area contributed by atoms with Crippen molar-refractivity contribution < 1.29 is 52.8 Å². The van der Waals surface area contributed by atoms with Crippen molar-refractivity contribution in [2.24, 2.45) is 17.6 Å². The van der Waals surface area contributed by atoms with Gasteiger partial charge in [-0.2, -0.15) is 13.2 Å². The van der Waals surface area contributed by atoms with Crippen LogP contribution in [0.3, 0.4) is 0 Å². The molecule has 1 fully saturated rings. The van der Waals surface area contributed by atoms with Crippen LogP contribution in [0.2, 0.25) is 0 Å². The number of phenols is 1. The standard InChI is InChI=1S/C25H26F3N3O8/c1-31(2)18-12-6-9-5-11-10(14(33)7-30-8-24(26,27)28)3-4-13(32)16(11)19(34)15(9)21(36)25(12,39)22(37)17(20(18)35)23(29)38/h3-4,9,12,18,30,32,34,37,39H,5-8H2,1-2H3,(H2,29,38)/t9-,12-,18-,25-/m0/s1. The number of nitrogens with one attached hydrogen (secondary N) is 1. The largest absolute Gasteiger partial charge is 0.508 e. The molecular formula is C25H26F3N3O8. The maximum atomic E-state index is 13.7. The Labute approximate surface area is 219 Å². The summed E-state index contributed by atoms with van der Waals surface area (Å²) in [5.41, 5.74) is 0.753. The molecule has 0 radical (unpaired) electrons. The molecule has 3 aliphatic carbocycles. The molecule has 3 aliphatic rings. The molecule has 0 bridgehead atoms. The summed E-state index contributed by atoms with van der Waals surface area (Å²) in [6.45, 7) is -2.12. The van der Waals surface area contributed by atoms with E-state index in [2.05, 4.69) is 0 Å². The van der Waals surface area contributed by atoms with E-state index in [-0.39, 0.29) is 29.5 Å². The fourth-order valence-electron chi connectivity index (χ4n) is 5.92. The van der Waals surface area contributed by atoms with Crippen molar-refractivity contribution in [3.8, 4) is 5.75 Å². The third-order valence-corrected chi connectivity index (χ3v) is 7.52. The van der Waals surface area contributed by atoms with Gasteiger partial charge in [0.15, 0.2) is 17.2 Å². The predicted molar refractivity (Wildman–Crippen MR) is 127 cm³/mol. The number of amides is 1. The summed E-state index contributed by atoms with van der Waals surface area (Å²) in [5.74, 6) is -9.07. The quantitative estimate of drug-likeness (QED) is 0.211. The van der Waals surface area contributed by atoms with Crippen LogP contribution in [0.1, 0.15) is 27.9 Å². The topological polar surface area (TPSA) is 190 Å². The highest BCUT2D eigenvalue weighted by atomic mass is 19.4. The molecule has 0 saturated heterocycles. The van der Waals surface area contributed by atoms with Gasteiger partial charge in [0.1, 0.15) is 22.8 Å². The number of rotatable bonds is 6. The number of primary amides is 1. The number of alkyl halides is 3. The lowest BCUT2D eigenvalue weighted by atomic mass is 9.57. The number of fused-ring (bicyclic) bond motifs is 3. The van der Waals surface area contributed by atoms with Gasteiger partial charge in [-0.3, -0.25) is 24.1 Å². The molecule has 7 N–H and O–H groups in total. The van der Waals surface area contributed by atoms with E-state index in [4.69, 9.17) is 5.73 Å². The third kappa shape index (κ3) is 4.37. The Hall–Kier alpha value is -3.75. The summed E-state index contributed by atoms with van der Waals surface area (Å²) in [6.07, 6.45) is -4.91. The van der Waals surface area contributed by atoms with E-state index in [1.54, 1.807) is 0 Å². The fourth-order valence-corrected chi connectivity index (χ4v) is 5.92. The Kier molecular flexibility index (Phi) is 6.86. The highest BCUT2D eigenvalue weighted by Gasteiger charge is 2.64. The van der Waals surface area contributed by atoms with Crippen molar-refractivity contribution in [3.05, 3.63) is 45.7 Å². The number of likely N-dealkylation sites (N-methyl/N-ethyl adjacent to an activating group) is 1. The van der Waals surface area contributed by atoms with Gasteiger partial charge in [0.05, 0.1) is 24.7 Å². The maximum absolute atomic E-state index is 13.7. The maximum Gasteiger partial charge on any atom is 0.401 e. The van der Waals surface area contributed by atoms with E-state index >= 15 is 0 Å². The zero-order valence-corrected chi connectivity index (χ0v) is 20.8. The van der Waals surface area contributed by atoms with Crippen LogP contribution >= 0.6 is 0 Å². The first-order valence-electron chi connectivity index (χ1n) is 11.8. The minimum Gasteiger partial charge on any atom is -0.508 e. The highest BCUT2D eigenvalue weighted by Crippen LogP contribution is 2.52. The second kappa shape index (κ2) is 9.47. The molecule has 14 heteroatoms. The molecule has 210 valence electrons. The highest BCUT2D eigenvalue weighted by molar-refractivity contribution is 6.24. The zero-order chi connectivity index (χ0) is 29.2. The summed E-state index contributed by atoms with van der Waals surface area (Å²) in [4.78, 5) is 53.0. The number of aliphatic hydroxyl groups excluding tert-OH is 2. The van der Waals surface area contributed by atoms with Crippen molar-refractivity contribution in [1.29, 1.82) is 0 Å². The first kappa shape index (κ1) is 28.3. The summed E-state index contributed by atoms with van der Waals surface area (Å²) < 4.78 is 37.5. The average molecular weight is 553 g/mol. The van der Waals surface area contributed by atoms with Gasteiger partial charge >= 0.3 is 6.18 Å². The van der Waals surface area contributed by atoms with Gasteiger partial charge < -0.3 is 31.5 Å². The Balaban J connectivity index is 1.84. The molecule has 1 aromatic rings. The van der Waals surface area contributed by atoms with Crippen molar-refractivity contribution in [1.82, 2.24) is 10.2 Å². The summed E-state index contributed by atoms with van der Waals surface area (Å²) in [7, 11) is 2.91. The van der Waals surface area contributed by atoms with Crippen LogP contribution in [0, 0.1) is 11.8 Å². The van der Waals surface area contributed by atoms with E-state index in [1.807, 2.05) is 5.32 Å². The molecule has 4 atom stereocenters. The molecule has 4 rings (SSSR count). The number of halogens is 3. The van der Waals surface area contributed by atoms with Gasteiger partial charge in [-0.05, 0) is 50.6 Å². The van der Waals surface area contributed by atoms with E-state index < -0.39 is 94.4 Å². The number of carbonyl (C=O) groups excluding carboxylic acids is 4. The van der Waals surface area contributed by atoms with Crippen LogP contribution < -0.4 is 11.1 Å². The zero-order valence-electron chi connectivity index (χ0n) is 20.8. The number of phenolic OH excluding ortho intramolecular Hbond substituents is 1. The number of hydrogen-bond acceptors (Lipinski definition) is 10. The van der Waals surface area contributed by atoms with Crippen molar-refractivity contribution >= 4 is 29.0 Å². The Morgan fingerprint density at radius 3 is 2.38 bits per heavy atom. The lowest BCUT2D eigenvalue weighted by Gasteiger charge is -2.50. The van der Waals surface area contributed by atoms with E-state index in [1.165, 1.54) is 25.1 Å². The number of aliphatic hydroxyl groups is 3. The summed E-state index contributed by atoms with van der Waals surface area (Å²) >= 11 is 0. The number of Topliss-reactive ketones (excluding diaryl/α,β-unsaturated/α-hetero) is 3. The summed E-state index contributed by atoms with van der Waals surface area (Å²) in [6, 6.07) is 0.937. The number of nitrogens with two attached hydrogens (primary N) is 1. The predicted octanol–water partition coefficient (Wildman–Crippen LogP) is 0.299. The lowest BCUT2D eigenvalue weighted by molar-refractivity contribution is -0.153. The molecule has 1 amide bonds. The number of benzene rings is 1. The molecule has 11 nitrogen and oxygen atoms in total. The lowest BCUT2D eigenvalue weighted by Crippen LogP contribution is -2.65. The molecule has 0 spiro atoms. The number of hydrogen-bond donors (Lipinski definition) is 6. The smallest absolute Gasteiger partial charge is 0.401 e.